The third kappa shape index (κ3) is 2.85. The summed E-state index contributed by atoms with van der Waals surface area (Å²) in [5.41, 5.74) is -0.0142. The summed E-state index contributed by atoms with van der Waals surface area (Å²) < 4.78 is 11.1. The Hall–Kier alpha value is -1.53. The zero-order valence-corrected chi connectivity index (χ0v) is 15.0. The van der Waals surface area contributed by atoms with Crippen LogP contribution in [0, 0.1) is 11.3 Å². The Kier molecular flexibility index (Phi) is 4.28. The number of hydrogen-bond donors (Lipinski definition) is 2. The van der Waals surface area contributed by atoms with Gasteiger partial charge in [-0.1, -0.05) is 13.8 Å². The number of aliphatic hydroxyl groups is 1. The van der Waals surface area contributed by atoms with E-state index in [0.29, 0.717) is 18.1 Å². The molecule has 3 aliphatic rings. The maximum atomic E-state index is 12.9. The molecule has 0 spiro atoms. The number of ether oxygens (including phenoxy) is 1. The predicted molar refractivity (Wildman–Crippen MR) is 92.0 cm³/mol. The van der Waals surface area contributed by atoms with E-state index in [1.807, 2.05) is 4.90 Å². The number of carbonyl (C=O) groups excluding carboxylic acids is 1. The van der Waals surface area contributed by atoms with Crippen molar-refractivity contribution in [3.05, 3.63) is 24.2 Å². The Morgan fingerprint density at radius 1 is 1.48 bits per heavy atom. The zero-order valence-electron chi connectivity index (χ0n) is 15.0. The number of fused-ring (bicyclic) bond motifs is 1. The second-order valence-corrected chi connectivity index (χ2v) is 8.25. The predicted octanol–water partition coefficient (Wildman–Crippen LogP) is 2.69. The van der Waals surface area contributed by atoms with Gasteiger partial charge < -0.3 is 24.5 Å². The van der Waals surface area contributed by atoms with Crippen molar-refractivity contribution in [2.75, 3.05) is 13.2 Å². The van der Waals surface area contributed by atoms with E-state index in [1.165, 1.54) is 0 Å². The summed E-state index contributed by atoms with van der Waals surface area (Å²) in [6.07, 6.45) is 4.62. The SMILES string of the molecule is CC1(C)[C@H](NC(=O)N2CCC[C@@H]2C[C@H](O)c2ccco2)[C@@H]2CCO[C@@H]21. The second-order valence-electron chi connectivity index (χ2n) is 8.25. The van der Waals surface area contributed by atoms with Crippen LogP contribution in [-0.2, 0) is 4.74 Å². The number of likely N-dealkylation sites (tertiary alicyclic amines) is 1. The standard InChI is InChI=1S/C19H28N2O4/c1-19(2)16(13-7-10-25-17(13)19)20-18(23)21-8-3-5-12(21)11-14(22)15-6-4-9-24-15/h4,6,9,12-14,16-17,22H,3,5,7-8,10-11H2,1-2H3,(H,20,23)/t12-,13+,14+,16-,17+/m1/s1. The summed E-state index contributed by atoms with van der Waals surface area (Å²) in [4.78, 5) is 14.8. The largest absolute Gasteiger partial charge is 0.467 e. The number of nitrogens with one attached hydrogen (secondary N) is 1. The second kappa shape index (κ2) is 6.32. The monoisotopic (exact) mass is 348 g/mol. The normalized spacial score (nSPS) is 34.4. The van der Waals surface area contributed by atoms with Crippen LogP contribution in [0.1, 0.15) is 51.4 Å². The number of aliphatic hydroxyl groups excluding tert-OH is 1. The molecule has 3 fully saturated rings. The molecule has 1 aromatic rings. The first-order chi connectivity index (χ1) is 12.0. The lowest BCUT2D eigenvalue weighted by Gasteiger charge is -2.54. The van der Waals surface area contributed by atoms with Crippen molar-refractivity contribution in [3.63, 3.8) is 0 Å². The third-order valence-electron chi connectivity index (χ3n) is 6.38. The van der Waals surface area contributed by atoms with Gasteiger partial charge in [-0.3, -0.25) is 0 Å². The fraction of sp³-hybridized carbons (Fsp3) is 0.737. The minimum absolute atomic E-state index is 0.00225. The molecule has 0 unspecified atom stereocenters. The molecular formula is C19H28N2O4. The molecule has 5 atom stereocenters. The van der Waals surface area contributed by atoms with Gasteiger partial charge in [-0.2, -0.15) is 0 Å². The van der Waals surface area contributed by atoms with Crippen LogP contribution in [-0.4, -0.2) is 47.4 Å². The molecule has 138 valence electrons. The van der Waals surface area contributed by atoms with Crippen molar-refractivity contribution in [1.29, 1.82) is 0 Å². The average Bonchev–Trinajstić information content (AvgIpc) is 3.31. The summed E-state index contributed by atoms with van der Waals surface area (Å²) in [7, 11) is 0. The number of rotatable bonds is 4. The van der Waals surface area contributed by atoms with Gasteiger partial charge >= 0.3 is 6.03 Å². The maximum Gasteiger partial charge on any atom is 0.317 e. The van der Waals surface area contributed by atoms with Crippen molar-refractivity contribution in [2.24, 2.45) is 11.3 Å². The number of amides is 2. The minimum Gasteiger partial charge on any atom is -0.467 e. The molecule has 0 radical (unpaired) electrons. The van der Waals surface area contributed by atoms with Crippen LogP contribution in [0.5, 0.6) is 0 Å². The van der Waals surface area contributed by atoms with Gasteiger partial charge in [0.15, 0.2) is 0 Å². The van der Waals surface area contributed by atoms with Crippen molar-refractivity contribution < 1.29 is 19.1 Å². The van der Waals surface area contributed by atoms with E-state index in [2.05, 4.69) is 19.2 Å². The van der Waals surface area contributed by atoms with Gasteiger partial charge in [0, 0.05) is 43.0 Å². The van der Waals surface area contributed by atoms with Gasteiger partial charge in [-0.05, 0) is 31.4 Å². The van der Waals surface area contributed by atoms with Crippen LogP contribution in [0.4, 0.5) is 4.79 Å². The molecule has 4 rings (SSSR count). The van der Waals surface area contributed by atoms with Crippen LogP contribution < -0.4 is 5.32 Å². The highest BCUT2D eigenvalue weighted by Crippen LogP contribution is 2.52. The first-order valence-corrected chi connectivity index (χ1v) is 9.38. The fourth-order valence-corrected chi connectivity index (χ4v) is 5.04. The third-order valence-corrected chi connectivity index (χ3v) is 6.38. The minimum atomic E-state index is -0.666. The molecule has 0 bridgehead atoms. The lowest BCUT2D eigenvalue weighted by atomic mass is 9.57. The summed E-state index contributed by atoms with van der Waals surface area (Å²) in [5, 5.41) is 13.6. The van der Waals surface area contributed by atoms with E-state index in [1.54, 1.807) is 18.4 Å². The fourth-order valence-electron chi connectivity index (χ4n) is 5.04. The lowest BCUT2D eigenvalue weighted by Crippen LogP contribution is -2.68. The van der Waals surface area contributed by atoms with Crippen LogP contribution in [0.25, 0.3) is 0 Å². The van der Waals surface area contributed by atoms with Gasteiger partial charge in [0.2, 0.25) is 0 Å². The topological polar surface area (TPSA) is 74.9 Å². The van der Waals surface area contributed by atoms with E-state index in [9.17, 15) is 9.90 Å². The Balaban J connectivity index is 1.38. The highest BCUT2D eigenvalue weighted by molar-refractivity contribution is 5.75. The molecule has 25 heavy (non-hydrogen) atoms. The van der Waals surface area contributed by atoms with Crippen LogP contribution >= 0.6 is 0 Å². The van der Waals surface area contributed by atoms with E-state index in [0.717, 1.165) is 32.4 Å². The zero-order chi connectivity index (χ0) is 17.6. The molecule has 1 aliphatic carbocycles. The quantitative estimate of drug-likeness (QED) is 0.877. The summed E-state index contributed by atoms with van der Waals surface area (Å²) in [6.45, 7) is 5.89. The van der Waals surface area contributed by atoms with Crippen LogP contribution in [0.2, 0.25) is 0 Å². The maximum absolute atomic E-state index is 12.9. The smallest absolute Gasteiger partial charge is 0.317 e. The molecule has 2 N–H and O–H groups in total. The molecule has 1 aromatic heterocycles. The van der Waals surface area contributed by atoms with Gasteiger partial charge in [-0.25, -0.2) is 4.79 Å². The Morgan fingerprint density at radius 3 is 3.08 bits per heavy atom. The van der Waals surface area contributed by atoms with Crippen molar-refractivity contribution >= 4 is 6.03 Å². The van der Waals surface area contributed by atoms with Gasteiger partial charge in [-0.15, -0.1) is 0 Å². The molecular weight excluding hydrogens is 320 g/mol. The summed E-state index contributed by atoms with van der Waals surface area (Å²) >= 11 is 0. The molecule has 0 aromatic carbocycles. The number of nitrogens with zero attached hydrogens (tertiary/aromatic N) is 1. The number of hydrogen-bond acceptors (Lipinski definition) is 4. The highest BCUT2D eigenvalue weighted by Gasteiger charge is 2.60. The van der Waals surface area contributed by atoms with Crippen molar-refractivity contribution in [3.8, 4) is 0 Å². The van der Waals surface area contributed by atoms with Crippen molar-refractivity contribution in [2.45, 2.75) is 63.8 Å². The number of carbonyl (C=O) groups is 1. The van der Waals surface area contributed by atoms with Crippen molar-refractivity contribution in [1.82, 2.24) is 10.2 Å². The Morgan fingerprint density at radius 2 is 2.32 bits per heavy atom. The van der Waals surface area contributed by atoms with E-state index in [4.69, 9.17) is 9.15 Å². The first-order valence-electron chi connectivity index (χ1n) is 9.38. The van der Waals surface area contributed by atoms with E-state index >= 15 is 0 Å². The summed E-state index contributed by atoms with van der Waals surface area (Å²) in [5.74, 6) is 1.01. The Labute approximate surface area is 148 Å². The number of urea groups is 1. The molecule has 2 aliphatic heterocycles. The van der Waals surface area contributed by atoms with Gasteiger partial charge in [0.05, 0.1) is 12.4 Å². The highest BCUT2D eigenvalue weighted by atomic mass is 16.5. The number of furan rings is 1. The van der Waals surface area contributed by atoms with E-state index in [-0.39, 0.29) is 29.6 Å². The summed E-state index contributed by atoms with van der Waals surface area (Å²) in [6, 6.07) is 3.78. The van der Waals surface area contributed by atoms with Gasteiger partial charge in [0.1, 0.15) is 11.9 Å². The van der Waals surface area contributed by atoms with Crippen LogP contribution in [0.15, 0.2) is 22.8 Å². The molecule has 6 nitrogen and oxygen atoms in total. The molecule has 3 heterocycles. The molecule has 1 saturated carbocycles. The lowest BCUT2D eigenvalue weighted by molar-refractivity contribution is -0.109. The molecule has 6 heteroatoms. The molecule has 2 saturated heterocycles. The Bertz CT molecular complexity index is 615. The average molecular weight is 348 g/mol. The van der Waals surface area contributed by atoms with Gasteiger partial charge in [0.25, 0.3) is 0 Å². The first kappa shape index (κ1) is 16.9. The molecule has 2 amide bonds. The van der Waals surface area contributed by atoms with E-state index < -0.39 is 6.10 Å². The van der Waals surface area contributed by atoms with Crippen LogP contribution in [0.3, 0.4) is 0 Å².